The van der Waals surface area contributed by atoms with Crippen LogP contribution in [0.25, 0.3) is 0 Å². The monoisotopic (exact) mass is 275 g/mol. The normalized spacial score (nSPS) is 14.4. The van der Waals surface area contributed by atoms with Crippen LogP contribution in [0.4, 0.5) is 26.3 Å². The van der Waals surface area contributed by atoms with E-state index in [0.29, 0.717) is 6.07 Å². The topological polar surface area (TPSA) is 55.5 Å². The minimum atomic E-state index is -5.13. The van der Waals surface area contributed by atoms with Gasteiger partial charge < -0.3 is 15.6 Å². The molecule has 0 bridgehead atoms. The molecule has 9 heteroatoms. The van der Waals surface area contributed by atoms with Crippen LogP contribution in [0.1, 0.15) is 11.6 Å². The first-order valence-electron chi connectivity index (χ1n) is 4.42. The van der Waals surface area contributed by atoms with Crippen LogP contribution in [0.5, 0.6) is 11.5 Å². The molecule has 3 nitrogen and oxygen atoms in total. The fourth-order valence-electron chi connectivity index (χ4n) is 1.17. The summed E-state index contributed by atoms with van der Waals surface area (Å²) < 4.78 is 75.9. The number of nitrogens with two attached hydrogens (primary N) is 1. The Bertz CT molecular complexity index is 428. The number of halogens is 6. The van der Waals surface area contributed by atoms with Crippen molar-refractivity contribution in [1.29, 1.82) is 0 Å². The van der Waals surface area contributed by atoms with Crippen molar-refractivity contribution in [3.8, 4) is 11.5 Å². The lowest BCUT2D eigenvalue weighted by Crippen LogP contribution is -2.28. The summed E-state index contributed by atoms with van der Waals surface area (Å²) in [7, 11) is 0. The van der Waals surface area contributed by atoms with E-state index < -0.39 is 35.6 Å². The zero-order valence-corrected chi connectivity index (χ0v) is 8.51. The van der Waals surface area contributed by atoms with Gasteiger partial charge in [0.15, 0.2) is 11.5 Å². The predicted molar refractivity (Wildman–Crippen MR) is 47.8 cm³/mol. The highest BCUT2D eigenvalue weighted by Crippen LogP contribution is 2.40. The molecular formula is C9H7F6NO2. The average Bonchev–Trinajstić information content (AvgIpc) is 2.17. The second kappa shape index (κ2) is 4.56. The van der Waals surface area contributed by atoms with E-state index in [1.54, 1.807) is 0 Å². The molecule has 3 N–H and O–H groups in total. The smallest absolute Gasteiger partial charge is 0.504 e. The summed E-state index contributed by atoms with van der Waals surface area (Å²) >= 11 is 0. The van der Waals surface area contributed by atoms with E-state index in [9.17, 15) is 31.4 Å². The van der Waals surface area contributed by atoms with E-state index >= 15 is 0 Å². The average molecular weight is 275 g/mol. The van der Waals surface area contributed by atoms with E-state index in [0.717, 1.165) is 12.1 Å². The van der Waals surface area contributed by atoms with E-state index in [1.807, 2.05) is 0 Å². The molecule has 0 aliphatic rings. The van der Waals surface area contributed by atoms with E-state index in [1.165, 1.54) is 0 Å². The Hall–Kier alpha value is -1.64. The van der Waals surface area contributed by atoms with Crippen molar-refractivity contribution in [2.45, 2.75) is 18.6 Å². The van der Waals surface area contributed by atoms with Crippen LogP contribution in [0.2, 0.25) is 0 Å². The summed E-state index contributed by atoms with van der Waals surface area (Å²) in [5, 5.41) is 9.28. The zero-order valence-electron chi connectivity index (χ0n) is 8.51. The highest BCUT2D eigenvalue weighted by atomic mass is 19.4. The molecule has 102 valence electrons. The van der Waals surface area contributed by atoms with Crippen LogP contribution >= 0.6 is 0 Å². The van der Waals surface area contributed by atoms with Crippen LogP contribution in [-0.4, -0.2) is 17.6 Å². The predicted octanol–water partition coefficient (Wildman–Crippen LogP) is 2.85. The van der Waals surface area contributed by atoms with Gasteiger partial charge in [0.25, 0.3) is 0 Å². The third-order valence-electron chi connectivity index (χ3n) is 1.94. The largest absolute Gasteiger partial charge is 0.573 e. The number of alkyl halides is 6. The highest BCUT2D eigenvalue weighted by Gasteiger charge is 2.40. The summed E-state index contributed by atoms with van der Waals surface area (Å²) in [5.74, 6) is -2.43. The van der Waals surface area contributed by atoms with Crippen molar-refractivity contribution in [2.24, 2.45) is 5.73 Å². The summed E-state index contributed by atoms with van der Waals surface area (Å²) in [4.78, 5) is 0. The van der Waals surface area contributed by atoms with Crippen molar-refractivity contribution in [3.63, 3.8) is 0 Å². The Balaban J connectivity index is 3.14. The summed E-state index contributed by atoms with van der Waals surface area (Å²) in [6.45, 7) is 0. The third-order valence-corrected chi connectivity index (χ3v) is 1.94. The number of aromatic hydroxyl groups is 1. The maximum atomic E-state index is 12.3. The lowest BCUT2D eigenvalue weighted by Gasteiger charge is -2.19. The molecular weight excluding hydrogens is 268 g/mol. The number of rotatable bonds is 2. The van der Waals surface area contributed by atoms with Gasteiger partial charge in [-0.25, -0.2) is 0 Å². The molecule has 0 aromatic heterocycles. The maximum absolute atomic E-state index is 12.3. The summed E-state index contributed by atoms with van der Waals surface area (Å²) in [6.07, 6.45) is -10.0. The Morgan fingerprint density at radius 3 is 2.11 bits per heavy atom. The van der Waals surface area contributed by atoms with Crippen molar-refractivity contribution in [3.05, 3.63) is 23.8 Å². The second-order valence-electron chi connectivity index (χ2n) is 3.26. The van der Waals surface area contributed by atoms with Gasteiger partial charge in [0, 0.05) is 5.56 Å². The first kappa shape index (κ1) is 14.4. The number of phenolic OH excluding ortho intramolecular Hbond substituents is 1. The Morgan fingerprint density at radius 2 is 1.67 bits per heavy atom. The molecule has 0 saturated carbocycles. The molecule has 1 rings (SSSR count). The number of hydrogen-bond donors (Lipinski definition) is 2. The molecule has 0 heterocycles. The second-order valence-corrected chi connectivity index (χ2v) is 3.26. The Morgan fingerprint density at radius 1 is 1.11 bits per heavy atom. The minimum Gasteiger partial charge on any atom is -0.504 e. The van der Waals surface area contributed by atoms with Gasteiger partial charge in [0.1, 0.15) is 6.04 Å². The summed E-state index contributed by atoms with van der Waals surface area (Å²) in [5.41, 5.74) is 3.88. The molecule has 0 aliphatic carbocycles. The Kier molecular flexibility index (Phi) is 3.65. The maximum Gasteiger partial charge on any atom is 0.573 e. The van der Waals surface area contributed by atoms with Crippen LogP contribution in [0, 0.1) is 0 Å². The van der Waals surface area contributed by atoms with Gasteiger partial charge in [0.2, 0.25) is 0 Å². The van der Waals surface area contributed by atoms with Crippen LogP contribution < -0.4 is 10.5 Å². The van der Waals surface area contributed by atoms with Crippen LogP contribution in [-0.2, 0) is 0 Å². The fourth-order valence-corrected chi connectivity index (χ4v) is 1.17. The number of benzene rings is 1. The van der Waals surface area contributed by atoms with Gasteiger partial charge in [-0.15, -0.1) is 13.2 Å². The van der Waals surface area contributed by atoms with Crippen molar-refractivity contribution in [2.75, 3.05) is 0 Å². The lowest BCUT2D eigenvalue weighted by atomic mass is 10.1. The first-order chi connectivity index (χ1) is 8.02. The molecule has 1 aromatic carbocycles. The number of ether oxygens (including phenoxy) is 1. The molecule has 0 unspecified atom stereocenters. The van der Waals surface area contributed by atoms with Crippen molar-refractivity contribution < 1.29 is 36.2 Å². The highest BCUT2D eigenvalue weighted by molar-refractivity contribution is 5.47. The van der Waals surface area contributed by atoms with Crippen LogP contribution in [0.3, 0.4) is 0 Å². The number of phenols is 1. The molecule has 0 saturated heterocycles. The molecule has 18 heavy (non-hydrogen) atoms. The van der Waals surface area contributed by atoms with E-state index in [4.69, 9.17) is 5.73 Å². The number of para-hydroxylation sites is 1. The van der Waals surface area contributed by atoms with Crippen LogP contribution in [0.15, 0.2) is 18.2 Å². The molecule has 0 radical (unpaired) electrons. The van der Waals surface area contributed by atoms with Gasteiger partial charge in [0.05, 0.1) is 0 Å². The zero-order chi connectivity index (χ0) is 14.1. The quantitative estimate of drug-likeness (QED) is 0.816. The van der Waals surface area contributed by atoms with E-state index in [-0.39, 0.29) is 0 Å². The lowest BCUT2D eigenvalue weighted by molar-refractivity contribution is -0.275. The molecule has 1 atom stereocenters. The minimum absolute atomic E-state index is 0.676. The SMILES string of the molecule is N[C@@H](c1cccc(OC(F)(F)F)c1O)C(F)(F)F. The summed E-state index contributed by atoms with van der Waals surface area (Å²) in [6, 6.07) is -0.303. The van der Waals surface area contributed by atoms with E-state index in [2.05, 4.69) is 4.74 Å². The molecule has 0 aliphatic heterocycles. The Labute approximate surface area is 96.8 Å². The van der Waals surface area contributed by atoms with Gasteiger partial charge in [-0.05, 0) is 6.07 Å². The first-order valence-corrected chi connectivity index (χ1v) is 4.42. The third kappa shape index (κ3) is 3.42. The van der Waals surface area contributed by atoms with Gasteiger partial charge in [-0.2, -0.15) is 13.2 Å². The molecule has 0 spiro atoms. The van der Waals surface area contributed by atoms with Gasteiger partial charge in [-0.3, -0.25) is 0 Å². The standard InChI is InChI=1S/C9H7F6NO2/c10-8(11,12)7(16)4-2-1-3-5(6(4)17)18-9(13,14)15/h1-3,7,17H,16H2/t7-/m0/s1. The van der Waals surface area contributed by atoms with Gasteiger partial charge in [-0.1, -0.05) is 12.1 Å². The molecule has 0 amide bonds. The van der Waals surface area contributed by atoms with Crippen molar-refractivity contribution >= 4 is 0 Å². The fraction of sp³-hybridized carbons (Fsp3) is 0.333. The van der Waals surface area contributed by atoms with Crippen molar-refractivity contribution in [1.82, 2.24) is 0 Å². The number of hydrogen-bond acceptors (Lipinski definition) is 3. The molecule has 1 aromatic rings. The van der Waals surface area contributed by atoms with Gasteiger partial charge >= 0.3 is 12.5 Å². The molecule has 0 fully saturated rings.